The molecule has 0 aliphatic rings. The third-order valence-electron chi connectivity index (χ3n) is 2.83. The number of aldehydes is 1. The summed E-state index contributed by atoms with van der Waals surface area (Å²) in [5, 5.41) is 0.893. The Kier molecular flexibility index (Phi) is 4.20. The summed E-state index contributed by atoms with van der Waals surface area (Å²) in [4.78, 5) is 38.7. The van der Waals surface area contributed by atoms with Crippen molar-refractivity contribution in [1.82, 2.24) is 4.98 Å². The number of ether oxygens (including phenoxy) is 1. The summed E-state index contributed by atoms with van der Waals surface area (Å²) in [6, 6.07) is 10.6. The minimum Gasteiger partial charge on any atom is -0.460 e. The van der Waals surface area contributed by atoms with Crippen LogP contribution in [0.3, 0.4) is 0 Å². The molecule has 0 saturated heterocycles. The number of hydrogen-bond acceptors (Lipinski definition) is 5. The maximum absolute atomic E-state index is 11.9. The van der Waals surface area contributed by atoms with Gasteiger partial charge in [-0.15, -0.1) is 0 Å². The first-order chi connectivity index (χ1) is 9.67. The smallest absolute Gasteiger partial charge is 0.375 e. The summed E-state index contributed by atoms with van der Waals surface area (Å²) in [6.45, 7) is 1.68. The Morgan fingerprint density at radius 2 is 2.00 bits per heavy atom. The number of ketones is 1. The molecule has 5 heteroatoms. The van der Waals surface area contributed by atoms with Gasteiger partial charge in [0.15, 0.2) is 0 Å². The highest BCUT2D eigenvalue weighted by Gasteiger charge is 2.28. The van der Waals surface area contributed by atoms with E-state index in [0.717, 1.165) is 5.39 Å². The fraction of sp³-hybridized carbons (Fsp3) is 0.200. The van der Waals surface area contributed by atoms with Gasteiger partial charge in [0.25, 0.3) is 5.78 Å². The number of carbonyl (C=O) groups is 3. The molecule has 0 saturated carbocycles. The van der Waals surface area contributed by atoms with Crippen molar-refractivity contribution in [3.05, 3.63) is 42.1 Å². The molecule has 0 radical (unpaired) electrons. The van der Waals surface area contributed by atoms with Crippen LogP contribution in [0.15, 0.2) is 36.4 Å². The van der Waals surface area contributed by atoms with Gasteiger partial charge in [-0.25, -0.2) is 4.79 Å². The van der Waals surface area contributed by atoms with Crippen LogP contribution >= 0.6 is 0 Å². The van der Waals surface area contributed by atoms with Crippen LogP contribution in [0.4, 0.5) is 0 Å². The Morgan fingerprint density at radius 1 is 1.25 bits per heavy atom. The fourth-order valence-electron chi connectivity index (χ4n) is 1.85. The third kappa shape index (κ3) is 2.71. The van der Waals surface area contributed by atoms with Crippen molar-refractivity contribution in [3.8, 4) is 0 Å². The van der Waals surface area contributed by atoms with Crippen LogP contribution in [0, 0.1) is 0 Å². The van der Waals surface area contributed by atoms with Crippen LogP contribution < -0.4 is 0 Å². The second-order valence-corrected chi connectivity index (χ2v) is 4.13. The van der Waals surface area contributed by atoms with Crippen LogP contribution in [-0.4, -0.2) is 29.6 Å². The first-order valence-corrected chi connectivity index (χ1v) is 6.19. The van der Waals surface area contributed by atoms with E-state index in [1.807, 2.05) is 18.2 Å². The van der Waals surface area contributed by atoms with Gasteiger partial charge in [0, 0.05) is 5.39 Å². The van der Waals surface area contributed by atoms with Gasteiger partial charge in [0.05, 0.1) is 17.8 Å². The highest BCUT2D eigenvalue weighted by Crippen LogP contribution is 2.18. The normalized spacial score (nSPS) is 11.8. The van der Waals surface area contributed by atoms with Crippen LogP contribution in [0.5, 0.6) is 0 Å². The molecule has 0 fully saturated rings. The predicted octanol–water partition coefficient (Wildman–Crippen LogP) is 1.65. The molecule has 20 heavy (non-hydrogen) atoms. The minimum atomic E-state index is -1.22. The lowest BCUT2D eigenvalue weighted by atomic mass is 10.0. The third-order valence-corrected chi connectivity index (χ3v) is 2.83. The number of Topliss-reactive ketones (excluding diaryl/α,β-unsaturated/α-hetero) is 1. The molecule has 2 rings (SSSR count). The molecule has 0 bridgehead atoms. The predicted molar refractivity (Wildman–Crippen MR) is 72.2 cm³/mol. The number of carbonyl (C=O) groups excluding carboxylic acids is 3. The molecule has 1 unspecified atom stereocenters. The van der Waals surface area contributed by atoms with Gasteiger partial charge in [-0.1, -0.05) is 24.3 Å². The van der Waals surface area contributed by atoms with Gasteiger partial charge in [0.2, 0.25) is 0 Å². The number of pyridine rings is 1. The van der Waals surface area contributed by atoms with Crippen molar-refractivity contribution >= 4 is 28.9 Å². The molecule has 1 aromatic heterocycles. The van der Waals surface area contributed by atoms with Crippen molar-refractivity contribution < 1.29 is 19.1 Å². The number of hydrogen-bond donors (Lipinski definition) is 0. The van der Waals surface area contributed by atoms with Crippen LogP contribution in [0.2, 0.25) is 0 Å². The molecule has 0 amide bonds. The molecule has 2 aromatic rings. The number of nitrogens with zero attached hydrogens (tertiary/aromatic N) is 1. The first-order valence-electron chi connectivity index (χ1n) is 6.19. The van der Waals surface area contributed by atoms with Crippen LogP contribution in [0.1, 0.15) is 18.5 Å². The standard InChI is InChI=1S/C15H13NO4/c1-2-20-15(19)14(18)11(9-17)13-8-7-10-5-3-4-6-12(10)16-13/h3-9,11H,2H2,1H3. The lowest BCUT2D eigenvalue weighted by Gasteiger charge is -2.09. The SMILES string of the molecule is CCOC(=O)C(=O)C(C=O)c1ccc2ccccc2n1. The fourth-order valence-corrected chi connectivity index (χ4v) is 1.85. The maximum Gasteiger partial charge on any atom is 0.375 e. The number of para-hydroxylation sites is 1. The van der Waals surface area contributed by atoms with Crippen molar-refractivity contribution in [2.24, 2.45) is 0 Å². The molecule has 1 heterocycles. The van der Waals surface area contributed by atoms with E-state index in [9.17, 15) is 14.4 Å². The van der Waals surface area contributed by atoms with Crippen molar-refractivity contribution in [2.45, 2.75) is 12.8 Å². The van der Waals surface area contributed by atoms with Crippen molar-refractivity contribution in [3.63, 3.8) is 0 Å². The summed E-state index contributed by atoms with van der Waals surface area (Å²) in [6.07, 6.45) is 0.413. The average Bonchev–Trinajstić information content (AvgIpc) is 2.48. The van der Waals surface area contributed by atoms with E-state index >= 15 is 0 Å². The largest absolute Gasteiger partial charge is 0.460 e. The molecular formula is C15H13NO4. The molecule has 1 aromatic carbocycles. The van der Waals surface area contributed by atoms with Gasteiger partial charge in [0.1, 0.15) is 12.2 Å². The van der Waals surface area contributed by atoms with Gasteiger partial charge in [-0.05, 0) is 19.1 Å². The summed E-state index contributed by atoms with van der Waals surface area (Å²) < 4.78 is 4.62. The highest BCUT2D eigenvalue weighted by molar-refractivity contribution is 6.38. The Morgan fingerprint density at radius 3 is 2.70 bits per heavy atom. The van der Waals surface area contributed by atoms with E-state index in [4.69, 9.17) is 0 Å². The average molecular weight is 271 g/mol. The zero-order valence-electron chi connectivity index (χ0n) is 10.9. The lowest BCUT2D eigenvalue weighted by Crippen LogP contribution is -2.26. The van der Waals surface area contributed by atoms with Gasteiger partial charge in [-0.2, -0.15) is 0 Å². The molecule has 0 N–H and O–H groups in total. The van der Waals surface area contributed by atoms with Gasteiger partial charge >= 0.3 is 5.97 Å². The van der Waals surface area contributed by atoms with E-state index in [0.29, 0.717) is 11.8 Å². The maximum atomic E-state index is 11.9. The first kappa shape index (κ1) is 13.9. The molecule has 0 spiro atoms. The van der Waals surface area contributed by atoms with Crippen molar-refractivity contribution in [1.29, 1.82) is 0 Å². The number of rotatable bonds is 5. The Labute approximate surface area is 115 Å². The molecule has 0 aliphatic heterocycles. The zero-order valence-corrected chi connectivity index (χ0v) is 10.9. The molecule has 5 nitrogen and oxygen atoms in total. The quantitative estimate of drug-likeness (QED) is 0.358. The van der Waals surface area contributed by atoms with Crippen LogP contribution in [0.25, 0.3) is 10.9 Å². The Bertz CT molecular complexity index is 666. The number of esters is 1. The monoisotopic (exact) mass is 271 g/mol. The van der Waals surface area contributed by atoms with E-state index < -0.39 is 17.7 Å². The molecule has 0 aliphatic carbocycles. The van der Waals surface area contributed by atoms with E-state index in [-0.39, 0.29) is 12.3 Å². The van der Waals surface area contributed by atoms with Gasteiger partial charge in [-0.3, -0.25) is 9.78 Å². The minimum absolute atomic E-state index is 0.0846. The Hall–Kier alpha value is -2.56. The van der Waals surface area contributed by atoms with E-state index in [1.54, 1.807) is 25.1 Å². The zero-order chi connectivity index (χ0) is 14.5. The van der Waals surface area contributed by atoms with E-state index in [2.05, 4.69) is 9.72 Å². The number of benzene rings is 1. The second-order valence-electron chi connectivity index (χ2n) is 4.13. The Balaban J connectivity index is 2.36. The summed E-state index contributed by atoms with van der Waals surface area (Å²) in [5.41, 5.74) is 0.908. The summed E-state index contributed by atoms with van der Waals surface area (Å²) in [7, 11) is 0. The number of aromatic nitrogens is 1. The van der Waals surface area contributed by atoms with Crippen LogP contribution in [-0.2, 0) is 19.1 Å². The summed E-state index contributed by atoms with van der Waals surface area (Å²) >= 11 is 0. The lowest BCUT2D eigenvalue weighted by molar-refractivity contribution is -0.154. The summed E-state index contributed by atoms with van der Waals surface area (Å²) in [5.74, 6) is -3.14. The highest BCUT2D eigenvalue weighted by atomic mass is 16.5. The second kappa shape index (κ2) is 6.06. The topological polar surface area (TPSA) is 73.3 Å². The molecule has 1 atom stereocenters. The number of fused-ring (bicyclic) bond motifs is 1. The van der Waals surface area contributed by atoms with Gasteiger partial charge < -0.3 is 9.53 Å². The molecule has 102 valence electrons. The molecular weight excluding hydrogens is 258 g/mol. The van der Waals surface area contributed by atoms with Crippen molar-refractivity contribution in [2.75, 3.05) is 6.61 Å². The van der Waals surface area contributed by atoms with E-state index in [1.165, 1.54) is 0 Å².